The minimum absolute atomic E-state index is 0.0518. The lowest BCUT2D eigenvalue weighted by molar-refractivity contribution is 0.0637. The van der Waals surface area contributed by atoms with E-state index in [1.165, 1.54) is 0 Å². The second kappa shape index (κ2) is 7.80. The number of nitrogens with one attached hydrogen (secondary N) is 1. The van der Waals surface area contributed by atoms with Crippen LogP contribution < -0.4 is 5.32 Å². The molecule has 1 amide bonds. The molecule has 0 atom stereocenters. The summed E-state index contributed by atoms with van der Waals surface area (Å²) in [5.74, 6) is 0.340. The van der Waals surface area contributed by atoms with E-state index in [-0.39, 0.29) is 5.91 Å². The molecule has 0 unspecified atom stereocenters. The van der Waals surface area contributed by atoms with E-state index >= 15 is 0 Å². The summed E-state index contributed by atoms with van der Waals surface area (Å²) in [6.07, 6.45) is 1.60. The standard InChI is InChI=1S/C18H22ClN5O/c1-3-23-9-11-24(12-10-23)17(25)16-7-8-20-18(22-16)21-15-6-4-5-14(19)13(15)2/h4-8H,3,9-12H2,1-2H3,(H,20,21,22). The Morgan fingerprint density at radius 1 is 1.24 bits per heavy atom. The Morgan fingerprint density at radius 3 is 2.72 bits per heavy atom. The Balaban J connectivity index is 1.73. The van der Waals surface area contributed by atoms with Crippen LogP contribution in [-0.4, -0.2) is 58.4 Å². The lowest BCUT2D eigenvalue weighted by atomic mass is 10.2. The van der Waals surface area contributed by atoms with Gasteiger partial charge in [0.1, 0.15) is 5.69 Å². The fourth-order valence-corrected chi connectivity index (χ4v) is 3.01. The van der Waals surface area contributed by atoms with Gasteiger partial charge in [-0.25, -0.2) is 9.97 Å². The first-order chi connectivity index (χ1) is 12.1. The molecule has 0 radical (unpaired) electrons. The van der Waals surface area contributed by atoms with E-state index in [1.54, 1.807) is 12.3 Å². The van der Waals surface area contributed by atoms with Gasteiger partial charge >= 0.3 is 0 Å². The van der Waals surface area contributed by atoms with Crippen molar-refractivity contribution in [1.29, 1.82) is 0 Å². The van der Waals surface area contributed by atoms with E-state index in [0.29, 0.717) is 16.7 Å². The number of hydrogen-bond donors (Lipinski definition) is 1. The largest absolute Gasteiger partial charge is 0.335 e. The number of nitrogens with zero attached hydrogens (tertiary/aromatic N) is 4. The molecular formula is C18H22ClN5O. The number of amides is 1. The zero-order chi connectivity index (χ0) is 17.8. The van der Waals surface area contributed by atoms with Crippen molar-refractivity contribution in [2.75, 3.05) is 38.0 Å². The Hall–Kier alpha value is -2.18. The third-order valence-corrected chi connectivity index (χ3v) is 4.91. The minimum atomic E-state index is -0.0518. The maximum atomic E-state index is 12.7. The molecule has 132 valence electrons. The van der Waals surface area contributed by atoms with Gasteiger partial charge in [0.05, 0.1) is 0 Å². The molecular weight excluding hydrogens is 338 g/mol. The number of anilines is 2. The SMILES string of the molecule is CCN1CCN(C(=O)c2ccnc(Nc3cccc(Cl)c3C)n2)CC1. The average molecular weight is 360 g/mol. The Kier molecular flexibility index (Phi) is 5.50. The molecule has 7 heteroatoms. The summed E-state index contributed by atoms with van der Waals surface area (Å²) in [6, 6.07) is 7.26. The molecule has 1 fully saturated rings. The molecule has 3 rings (SSSR count). The average Bonchev–Trinajstić information content (AvgIpc) is 2.65. The van der Waals surface area contributed by atoms with Gasteiger partial charge in [-0.05, 0) is 37.2 Å². The molecule has 0 aliphatic carbocycles. The number of halogens is 1. The second-order valence-electron chi connectivity index (χ2n) is 6.03. The molecule has 1 aliphatic rings. The number of rotatable bonds is 4. The van der Waals surface area contributed by atoms with Gasteiger partial charge in [0, 0.05) is 43.1 Å². The highest BCUT2D eigenvalue weighted by atomic mass is 35.5. The van der Waals surface area contributed by atoms with Gasteiger partial charge < -0.3 is 15.1 Å². The summed E-state index contributed by atoms with van der Waals surface area (Å²) in [7, 11) is 0. The monoisotopic (exact) mass is 359 g/mol. The third-order valence-electron chi connectivity index (χ3n) is 4.50. The van der Waals surface area contributed by atoms with Crippen molar-refractivity contribution in [3.05, 3.63) is 46.7 Å². The summed E-state index contributed by atoms with van der Waals surface area (Å²) < 4.78 is 0. The highest BCUT2D eigenvalue weighted by Crippen LogP contribution is 2.24. The molecule has 2 heterocycles. The predicted octanol–water partition coefficient (Wildman–Crippen LogP) is 2.96. The van der Waals surface area contributed by atoms with Crippen molar-refractivity contribution < 1.29 is 4.79 Å². The van der Waals surface area contributed by atoms with Crippen LogP contribution >= 0.6 is 11.6 Å². The summed E-state index contributed by atoms with van der Waals surface area (Å²) in [5.41, 5.74) is 2.15. The van der Waals surface area contributed by atoms with Crippen LogP contribution in [0.1, 0.15) is 23.0 Å². The van der Waals surface area contributed by atoms with Crippen molar-refractivity contribution in [2.24, 2.45) is 0 Å². The second-order valence-corrected chi connectivity index (χ2v) is 6.44. The number of hydrogen-bond acceptors (Lipinski definition) is 5. The zero-order valence-electron chi connectivity index (χ0n) is 14.5. The normalized spacial score (nSPS) is 15.2. The first-order valence-electron chi connectivity index (χ1n) is 8.45. The van der Waals surface area contributed by atoms with Crippen LogP contribution in [0, 0.1) is 6.92 Å². The lowest BCUT2D eigenvalue weighted by Crippen LogP contribution is -2.48. The van der Waals surface area contributed by atoms with Crippen molar-refractivity contribution in [1.82, 2.24) is 19.8 Å². The molecule has 1 aliphatic heterocycles. The van der Waals surface area contributed by atoms with Crippen LogP contribution in [0.3, 0.4) is 0 Å². The van der Waals surface area contributed by atoms with E-state index in [0.717, 1.165) is 44.0 Å². The highest BCUT2D eigenvalue weighted by molar-refractivity contribution is 6.31. The number of carbonyl (C=O) groups excluding carboxylic acids is 1. The molecule has 0 spiro atoms. The van der Waals surface area contributed by atoms with E-state index < -0.39 is 0 Å². The maximum Gasteiger partial charge on any atom is 0.272 e. The topological polar surface area (TPSA) is 61.4 Å². The van der Waals surface area contributed by atoms with Crippen molar-refractivity contribution in [3.63, 3.8) is 0 Å². The molecule has 1 aromatic carbocycles. The van der Waals surface area contributed by atoms with Crippen molar-refractivity contribution in [2.45, 2.75) is 13.8 Å². The van der Waals surface area contributed by atoms with Crippen LogP contribution in [-0.2, 0) is 0 Å². The molecule has 6 nitrogen and oxygen atoms in total. The number of benzene rings is 1. The van der Waals surface area contributed by atoms with Crippen molar-refractivity contribution in [3.8, 4) is 0 Å². The van der Waals surface area contributed by atoms with E-state index in [9.17, 15) is 4.79 Å². The lowest BCUT2D eigenvalue weighted by Gasteiger charge is -2.33. The molecule has 0 saturated carbocycles. The van der Waals surface area contributed by atoms with Gasteiger partial charge in [0.25, 0.3) is 5.91 Å². The predicted molar refractivity (Wildman–Crippen MR) is 99.5 cm³/mol. The van der Waals surface area contributed by atoms with E-state index in [2.05, 4.69) is 27.1 Å². The molecule has 2 aromatic rings. The number of aromatic nitrogens is 2. The van der Waals surface area contributed by atoms with E-state index in [4.69, 9.17) is 11.6 Å². The number of carbonyl (C=O) groups is 1. The Morgan fingerprint density at radius 2 is 2.00 bits per heavy atom. The van der Waals surface area contributed by atoms with Gasteiger partial charge in [-0.1, -0.05) is 24.6 Å². The first kappa shape index (κ1) is 17.6. The van der Waals surface area contributed by atoms with Gasteiger partial charge in [0.15, 0.2) is 0 Å². The molecule has 1 N–H and O–H groups in total. The number of piperazine rings is 1. The zero-order valence-corrected chi connectivity index (χ0v) is 15.3. The van der Waals surface area contributed by atoms with Crippen molar-refractivity contribution >= 4 is 29.1 Å². The molecule has 25 heavy (non-hydrogen) atoms. The smallest absolute Gasteiger partial charge is 0.272 e. The van der Waals surface area contributed by atoms with E-state index in [1.807, 2.05) is 30.0 Å². The molecule has 1 aromatic heterocycles. The van der Waals surface area contributed by atoms with Crippen LogP contribution in [0.25, 0.3) is 0 Å². The van der Waals surface area contributed by atoms with Crippen LogP contribution in [0.15, 0.2) is 30.5 Å². The summed E-state index contributed by atoms with van der Waals surface area (Å²) in [6.45, 7) is 8.34. The van der Waals surface area contributed by atoms with Gasteiger partial charge in [-0.3, -0.25) is 4.79 Å². The summed E-state index contributed by atoms with van der Waals surface area (Å²) in [4.78, 5) is 25.5. The molecule has 0 bridgehead atoms. The Labute approximate surface area is 152 Å². The Bertz CT molecular complexity index is 759. The van der Waals surface area contributed by atoms with Gasteiger partial charge in [-0.2, -0.15) is 0 Å². The minimum Gasteiger partial charge on any atom is -0.335 e. The fourth-order valence-electron chi connectivity index (χ4n) is 2.83. The van der Waals surface area contributed by atoms with Crippen LogP contribution in [0.5, 0.6) is 0 Å². The van der Waals surface area contributed by atoms with Gasteiger partial charge in [0.2, 0.25) is 5.95 Å². The third kappa shape index (κ3) is 4.08. The van der Waals surface area contributed by atoms with Gasteiger partial charge in [-0.15, -0.1) is 0 Å². The summed E-state index contributed by atoms with van der Waals surface area (Å²) >= 11 is 6.14. The molecule has 1 saturated heterocycles. The number of likely N-dealkylation sites (N-methyl/N-ethyl adjacent to an activating group) is 1. The van der Waals surface area contributed by atoms with Crippen LogP contribution in [0.2, 0.25) is 5.02 Å². The van der Waals surface area contributed by atoms with Crippen LogP contribution in [0.4, 0.5) is 11.6 Å². The first-order valence-corrected chi connectivity index (χ1v) is 8.83. The highest BCUT2D eigenvalue weighted by Gasteiger charge is 2.22. The quantitative estimate of drug-likeness (QED) is 0.909. The fraction of sp³-hybridized carbons (Fsp3) is 0.389. The maximum absolute atomic E-state index is 12.7. The summed E-state index contributed by atoms with van der Waals surface area (Å²) in [5, 5.41) is 3.81.